The van der Waals surface area contributed by atoms with Crippen molar-refractivity contribution in [3.8, 4) is 12.1 Å². The van der Waals surface area contributed by atoms with Crippen LogP contribution in [0.5, 0.6) is 0 Å². The first-order valence-electron chi connectivity index (χ1n) is 9.21. The van der Waals surface area contributed by atoms with E-state index in [-0.39, 0.29) is 29.4 Å². The van der Waals surface area contributed by atoms with Crippen molar-refractivity contribution in [3.63, 3.8) is 0 Å². The molecule has 1 aromatic heterocycles. The van der Waals surface area contributed by atoms with Crippen LogP contribution in [-0.4, -0.2) is 22.7 Å². The topological polar surface area (TPSA) is 107 Å². The minimum Gasteiger partial charge on any atom is -0.383 e. The number of fused-ring (bicyclic) bond motifs is 1. The molecular formula is C21H19N5OS. The quantitative estimate of drug-likeness (QED) is 0.804. The van der Waals surface area contributed by atoms with Gasteiger partial charge in [-0.3, -0.25) is 4.79 Å². The van der Waals surface area contributed by atoms with E-state index in [1.165, 1.54) is 17.3 Å². The van der Waals surface area contributed by atoms with Gasteiger partial charge < -0.3 is 10.6 Å². The summed E-state index contributed by atoms with van der Waals surface area (Å²) in [5, 5.41) is 19.5. The number of hydrogen-bond acceptors (Lipinski definition) is 6. The Morgan fingerprint density at radius 2 is 2.00 bits per heavy atom. The molecule has 2 aliphatic rings. The van der Waals surface area contributed by atoms with Crippen LogP contribution in [0, 0.1) is 22.7 Å². The van der Waals surface area contributed by atoms with Crippen LogP contribution >= 0.6 is 11.8 Å². The van der Waals surface area contributed by atoms with Gasteiger partial charge in [-0.2, -0.15) is 10.5 Å². The zero-order valence-electron chi connectivity index (χ0n) is 15.5. The molecule has 0 spiro atoms. The Bertz CT molecular complexity index is 1050. The lowest BCUT2D eigenvalue weighted by molar-refractivity contribution is -0.116. The summed E-state index contributed by atoms with van der Waals surface area (Å²) in [4.78, 5) is 19.0. The first-order chi connectivity index (χ1) is 13.5. The van der Waals surface area contributed by atoms with Crippen molar-refractivity contribution in [2.24, 2.45) is 0 Å². The summed E-state index contributed by atoms with van der Waals surface area (Å²) < 4.78 is 0. The van der Waals surface area contributed by atoms with Gasteiger partial charge in [0.25, 0.3) is 0 Å². The first-order valence-corrected chi connectivity index (χ1v) is 10.2. The SMILES string of the molecule is CC1Cc2ccccc2N1C(=O)CSc1nc(N)c(C#N)c(C2CC2)c1C#N. The van der Waals surface area contributed by atoms with E-state index in [4.69, 9.17) is 5.73 Å². The number of para-hydroxylation sites is 1. The molecule has 1 aliphatic carbocycles. The molecule has 0 saturated heterocycles. The van der Waals surface area contributed by atoms with E-state index in [0.29, 0.717) is 21.7 Å². The lowest BCUT2D eigenvalue weighted by Gasteiger charge is -2.22. The van der Waals surface area contributed by atoms with Crippen molar-refractivity contribution in [1.29, 1.82) is 10.5 Å². The number of thioether (sulfide) groups is 1. The van der Waals surface area contributed by atoms with Gasteiger partial charge in [-0.05, 0) is 49.3 Å². The van der Waals surface area contributed by atoms with Crippen molar-refractivity contribution < 1.29 is 4.79 Å². The molecule has 0 radical (unpaired) electrons. The van der Waals surface area contributed by atoms with Gasteiger partial charge in [0.1, 0.15) is 23.0 Å². The number of nitriles is 2. The van der Waals surface area contributed by atoms with Crippen molar-refractivity contribution in [1.82, 2.24) is 4.98 Å². The Labute approximate surface area is 168 Å². The van der Waals surface area contributed by atoms with Crippen molar-refractivity contribution in [3.05, 3.63) is 46.5 Å². The average molecular weight is 389 g/mol. The molecule has 1 saturated carbocycles. The molecule has 0 bridgehead atoms. The maximum Gasteiger partial charge on any atom is 0.237 e. The van der Waals surface area contributed by atoms with E-state index in [1.807, 2.05) is 36.1 Å². The van der Waals surface area contributed by atoms with Gasteiger partial charge in [0.2, 0.25) is 5.91 Å². The van der Waals surface area contributed by atoms with E-state index >= 15 is 0 Å². The van der Waals surface area contributed by atoms with E-state index < -0.39 is 0 Å². The first kappa shape index (κ1) is 18.3. The highest BCUT2D eigenvalue weighted by molar-refractivity contribution is 8.00. The molecular weight excluding hydrogens is 370 g/mol. The molecule has 6 nitrogen and oxygen atoms in total. The van der Waals surface area contributed by atoms with E-state index in [2.05, 4.69) is 17.1 Å². The largest absolute Gasteiger partial charge is 0.383 e. The number of aromatic nitrogens is 1. The van der Waals surface area contributed by atoms with E-state index in [0.717, 1.165) is 24.9 Å². The fraction of sp³-hybridized carbons (Fsp3) is 0.333. The fourth-order valence-electron chi connectivity index (χ4n) is 3.85. The Morgan fingerprint density at radius 3 is 2.68 bits per heavy atom. The zero-order chi connectivity index (χ0) is 19.8. The van der Waals surface area contributed by atoms with E-state index in [9.17, 15) is 15.3 Å². The summed E-state index contributed by atoms with van der Waals surface area (Å²) in [5.41, 5.74) is 9.50. The second-order valence-electron chi connectivity index (χ2n) is 7.20. The summed E-state index contributed by atoms with van der Waals surface area (Å²) >= 11 is 1.22. The van der Waals surface area contributed by atoms with Crippen molar-refractivity contribution in [2.75, 3.05) is 16.4 Å². The Kier molecular flexibility index (Phi) is 4.70. The summed E-state index contributed by atoms with van der Waals surface area (Å²) in [7, 11) is 0. The number of carbonyl (C=O) groups excluding carboxylic acids is 1. The maximum atomic E-state index is 12.9. The van der Waals surface area contributed by atoms with Gasteiger partial charge in [0.05, 0.1) is 16.9 Å². The zero-order valence-corrected chi connectivity index (χ0v) is 16.3. The third kappa shape index (κ3) is 3.08. The number of pyridine rings is 1. The van der Waals surface area contributed by atoms with Gasteiger partial charge in [-0.1, -0.05) is 30.0 Å². The van der Waals surface area contributed by atoms with Crippen LogP contribution in [0.1, 0.15) is 47.9 Å². The van der Waals surface area contributed by atoms with Crippen molar-refractivity contribution >= 4 is 29.2 Å². The molecule has 28 heavy (non-hydrogen) atoms. The number of rotatable bonds is 4. The minimum absolute atomic E-state index is 0.0240. The molecule has 7 heteroatoms. The predicted octanol–water partition coefficient (Wildman–Crippen LogP) is 3.35. The third-order valence-electron chi connectivity index (χ3n) is 5.25. The molecule has 1 fully saturated rings. The Hall–Kier alpha value is -3.03. The molecule has 4 rings (SSSR count). The van der Waals surface area contributed by atoms with Gasteiger partial charge >= 0.3 is 0 Å². The summed E-state index contributed by atoms with van der Waals surface area (Å²) in [6.45, 7) is 2.03. The number of benzene rings is 1. The molecule has 2 aromatic rings. The minimum atomic E-state index is -0.0240. The van der Waals surface area contributed by atoms with Crippen LogP contribution < -0.4 is 10.6 Å². The van der Waals surface area contributed by atoms with Crippen molar-refractivity contribution in [2.45, 2.75) is 43.2 Å². The fourth-order valence-corrected chi connectivity index (χ4v) is 4.72. The standard InChI is InChI=1S/C21H19N5OS/c1-12-8-14-4-2-3-5-17(14)26(12)18(27)11-28-21-16(10-23)19(13-6-7-13)15(9-22)20(24)25-21/h2-5,12-13H,6-8,11H2,1H3,(H2,24,25). The van der Waals surface area contributed by atoms with Gasteiger partial charge in [-0.15, -0.1) is 0 Å². The molecule has 1 unspecified atom stereocenters. The molecule has 1 aromatic carbocycles. The molecule has 1 amide bonds. The lowest BCUT2D eigenvalue weighted by atomic mass is 10.0. The monoisotopic (exact) mass is 389 g/mol. The van der Waals surface area contributed by atoms with Crippen LogP contribution in [0.3, 0.4) is 0 Å². The number of hydrogen-bond donors (Lipinski definition) is 1. The third-order valence-corrected chi connectivity index (χ3v) is 6.21. The Balaban J connectivity index is 1.60. The summed E-state index contributed by atoms with van der Waals surface area (Å²) in [6.07, 6.45) is 2.72. The number of nitrogens with two attached hydrogens (primary N) is 1. The maximum absolute atomic E-state index is 12.9. The number of amides is 1. The highest BCUT2D eigenvalue weighted by Gasteiger charge is 2.34. The van der Waals surface area contributed by atoms with Crippen LogP contribution in [0.2, 0.25) is 0 Å². The molecule has 1 aliphatic heterocycles. The molecule has 2 N–H and O–H groups in total. The highest BCUT2D eigenvalue weighted by atomic mass is 32.2. The van der Waals surface area contributed by atoms with Crippen LogP contribution in [0.15, 0.2) is 29.3 Å². The second kappa shape index (κ2) is 7.18. The molecule has 140 valence electrons. The highest BCUT2D eigenvalue weighted by Crippen LogP contribution is 2.46. The van der Waals surface area contributed by atoms with Gasteiger partial charge in [-0.25, -0.2) is 4.98 Å². The number of nitrogens with zero attached hydrogens (tertiary/aromatic N) is 4. The number of carbonyl (C=O) groups is 1. The van der Waals surface area contributed by atoms with Gasteiger partial charge in [0.15, 0.2) is 0 Å². The normalized spacial score (nSPS) is 17.7. The Morgan fingerprint density at radius 1 is 1.29 bits per heavy atom. The summed E-state index contributed by atoms with van der Waals surface area (Å²) in [5.74, 6) is 0.466. The average Bonchev–Trinajstić information content (AvgIpc) is 3.47. The van der Waals surface area contributed by atoms with Crippen LogP contribution in [0.25, 0.3) is 0 Å². The second-order valence-corrected chi connectivity index (χ2v) is 8.16. The van der Waals surface area contributed by atoms with Crippen LogP contribution in [-0.2, 0) is 11.2 Å². The molecule has 2 heterocycles. The van der Waals surface area contributed by atoms with E-state index in [1.54, 1.807) is 0 Å². The summed E-state index contributed by atoms with van der Waals surface area (Å²) in [6, 6.07) is 12.3. The predicted molar refractivity (Wildman–Crippen MR) is 108 cm³/mol. The smallest absolute Gasteiger partial charge is 0.237 e. The number of anilines is 2. The molecule has 1 atom stereocenters. The van der Waals surface area contributed by atoms with Crippen LogP contribution in [0.4, 0.5) is 11.5 Å². The van der Waals surface area contributed by atoms with Gasteiger partial charge in [0, 0.05) is 11.7 Å². The number of nitrogen functional groups attached to an aromatic ring is 1. The lowest BCUT2D eigenvalue weighted by Crippen LogP contribution is -2.37.